The molecule has 4 heterocycles. The number of allylic oxidation sites excluding steroid dienone is 2. The number of imidazole rings is 1. The van der Waals surface area contributed by atoms with Crippen molar-refractivity contribution in [2.24, 2.45) is 4.99 Å². The first-order valence-electron chi connectivity index (χ1n) is 11.6. The summed E-state index contributed by atoms with van der Waals surface area (Å²) in [5.41, 5.74) is 5.76. The van der Waals surface area contributed by atoms with Crippen LogP contribution in [-0.2, 0) is 0 Å². The van der Waals surface area contributed by atoms with Crippen molar-refractivity contribution in [2.75, 3.05) is 57.0 Å². The number of nitrogens with one attached hydrogen (secondary N) is 3. The second kappa shape index (κ2) is 9.89. The molecule has 4 aromatic rings. The van der Waals surface area contributed by atoms with Crippen LogP contribution in [0.2, 0.25) is 0 Å². The summed E-state index contributed by atoms with van der Waals surface area (Å²) in [6, 6.07) is 8.19. The number of anilines is 2. The molecule has 1 fully saturated rings. The van der Waals surface area contributed by atoms with Crippen LogP contribution in [0.4, 0.5) is 11.4 Å². The number of hydrogen-bond acceptors (Lipinski definition) is 7. The van der Waals surface area contributed by atoms with Gasteiger partial charge in [-0.25, -0.2) is 4.98 Å². The summed E-state index contributed by atoms with van der Waals surface area (Å²) in [7, 11) is 3.89. The molecule has 8 nitrogen and oxygen atoms in total. The van der Waals surface area contributed by atoms with Gasteiger partial charge < -0.3 is 25.1 Å². The average molecular weight is 488 g/mol. The predicted molar refractivity (Wildman–Crippen MR) is 148 cm³/mol. The summed E-state index contributed by atoms with van der Waals surface area (Å²) >= 11 is 1.58. The van der Waals surface area contributed by atoms with Crippen molar-refractivity contribution in [1.29, 1.82) is 0 Å². The number of nitrogens with zero attached hydrogens (tertiary/aromatic N) is 4. The van der Waals surface area contributed by atoms with Gasteiger partial charge in [-0.3, -0.25) is 9.79 Å². The van der Waals surface area contributed by atoms with Gasteiger partial charge in [0, 0.05) is 51.7 Å². The maximum atomic E-state index is 13.2. The average Bonchev–Trinajstić information content (AvgIpc) is 3.49. The van der Waals surface area contributed by atoms with Crippen LogP contribution in [0.5, 0.6) is 0 Å². The predicted octanol–water partition coefficient (Wildman–Crippen LogP) is 4.11. The Morgan fingerprint density at radius 3 is 2.83 bits per heavy atom. The smallest absolute Gasteiger partial charge is 0.261 e. The van der Waals surface area contributed by atoms with E-state index in [0.29, 0.717) is 17.9 Å². The van der Waals surface area contributed by atoms with E-state index in [0.717, 1.165) is 58.7 Å². The number of pyridine rings is 1. The number of fused-ring (bicyclic) bond motifs is 2. The number of aromatic nitrogens is 3. The van der Waals surface area contributed by atoms with E-state index in [2.05, 4.69) is 55.8 Å². The van der Waals surface area contributed by atoms with Gasteiger partial charge in [0.2, 0.25) is 0 Å². The zero-order valence-electron chi connectivity index (χ0n) is 20.0. The minimum absolute atomic E-state index is 0.185. The van der Waals surface area contributed by atoms with Gasteiger partial charge >= 0.3 is 0 Å². The summed E-state index contributed by atoms with van der Waals surface area (Å²) in [4.78, 5) is 33.3. The number of piperazine rings is 1. The normalized spacial score (nSPS) is 15.5. The van der Waals surface area contributed by atoms with Gasteiger partial charge in [-0.2, -0.15) is 0 Å². The number of hydrogen-bond donors (Lipinski definition) is 3. The second-order valence-electron chi connectivity index (χ2n) is 8.66. The van der Waals surface area contributed by atoms with Gasteiger partial charge in [0.25, 0.3) is 5.56 Å². The molecule has 3 aromatic heterocycles. The van der Waals surface area contributed by atoms with Crippen molar-refractivity contribution in [3.05, 3.63) is 64.3 Å². The summed E-state index contributed by atoms with van der Waals surface area (Å²) in [6.07, 6.45) is 5.42. The van der Waals surface area contributed by atoms with E-state index in [1.165, 1.54) is 5.69 Å². The summed E-state index contributed by atoms with van der Waals surface area (Å²) in [5.74, 6) is 0.549. The van der Waals surface area contributed by atoms with Gasteiger partial charge in [-0.05, 0) is 42.3 Å². The lowest BCUT2D eigenvalue weighted by Gasteiger charge is -2.34. The Bertz CT molecular complexity index is 1480. The first-order chi connectivity index (χ1) is 17.1. The molecule has 0 spiro atoms. The fraction of sp³-hybridized carbons (Fsp3) is 0.269. The highest BCUT2D eigenvalue weighted by atomic mass is 32.1. The lowest BCUT2D eigenvalue weighted by Crippen LogP contribution is -2.44. The molecule has 35 heavy (non-hydrogen) atoms. The van der Waals surface area contributed by atoms with Crippen LogP contribution >= 0.6 is 11.3 Å². The number of H-pyrrole nitrogens is 2. The number of likely N-dealkylation sites (N-methyl/N-ethyl adjacent to an activating group) is 1. The first kappa shape index (κ1) is 23.1. The lowest BCUT2D eigenvalue weighted by molar-refractivity contribution is 0.313. The molecule has 0 amide bonds. The number of aliphatic imine (C=N–C) groups is 1. The topological polar surface area (TPSA) is 92.4 Å². The fourth-order valence-electron chi connectivity index (χ4n) is 4.44. The molecule has 3 N–H and O–H groups in total. The molecule has 0 aliphatic carbocycles. The van der Waals surface area contributed by atoms with Gasteiger partial charge in [0.15, 0.2) is 0 Å². The van der Waals surface area contributed by atoms with Crippen LogP contribution < -0.4 is 15.8 Å². The van der Waals surface area contributed by atoms with Crippen LogP contribution in [0.15, 0.2) is 63.7 Å². The largest absolute Gasteiger partial charge is 0.379 e. The van der Waals surface area contributed by atoms with E-state index in [-0.39, 0.29) is 5.56 Å². The molecule has 0 bridgehead atoms. The highest BCUT2D eigenvalue weighted by Gasteiger charge is 2.20. The van der Waals surface area contributed by atoms with E-state index in [1.54, 1.807) is 30.7 Å². The van der Waals surface area contributed by atoms with Gasteiger partial charge in [0.1, 0.15) is 11.4 Å². The molecule has 0 saturated carbocycles. The fourth-order valence-corrected chi connectivity index (χ4v) is 5.32. The first-order valence-corrected chi connectivity index (χ1v) is 12.5. The Labute approximate surface area is 207 Å². The van der Waals surface area contributed by atoms with Crippen LogP contribution in [0.25, 0.3) is 32.6 Å². The van der Waals surface area contributed by atoms with Crippen LogP contribution in [0.1, 0.15) is 0 Å². The van der Waals surface area contributed by atoms with Crippen molar-refractivity contribution in [1.82, 2.24) is 19.9 Å². The number of benzene rings is 1. The van der Waals surface area contributed by atoms with Gasteiger partial charge in [-0.1, -0.05) is 18.7 Å². The number of thiophene rings is 1. The van der Waals surface area contributed by atoms with Crippen molar-refractivity contribution < 1.29 is 0 Å². The minimum Gasteiger partial charge on any atom is -0.379 e. The maximum absolute atomic E-state index is 13.2. The standard InChI is InChI=1S/C26H29N7OS/c1-4-5-17(15-27-2)16-28-23-22(26(34)31-20-8-13-35-24(20)23)25-29-19-7-6-18(14-21(19)30-25)33-11-9-32(3)10-12-33/h4-8,13-15H,1,9-12,16H2,2-3H3,(H,29,30)(H2,28,31,34)/b17-5+,27-15-. The van der Waals surface area contributed by atoms with Gasteiger partial charge in [-0.15, -0.1) is 11.3 Å². The van der Waals surface area contributed by atoms with Crippen LogP contribution in [-0.4, -0.2) is 72.9 Å². The lowest BCUT2D eigenvalue weighted by atomic mass is 10.1. The zero-order valence-corrected chi connectivity index (χ0v) is 20.8. The summed E-state index contributed by atoms with van der Waals surface area (Å²) in [6.45, 7) is 8.36. The van der Waals surface area contributed by atoms with E-state index >= 15 is 0 Å². The SMILES string of the molecule is C=C/C=C(\C=N/C)CNc1c(-c2nc3ccc(N4CCN(C)CC4)cc3[nH]2)c(=O)[nH]c2ccsc12. The summed E-state index contributed by atoms with van der Waals surface area (Å²) in [5, 5.41) is 5.45. The third kappa shape index (κ3) is 4.65. The van der Waals surface area contributed by atoms with E-state index in [9.17, 15) is 4.79 Å². The molecule has 1 aromatic carbocycles. The molecule has 0 unspecified atom stereocenters. The van der Waals surface area contributed by atoms with Crippen molar-refractivity contribution in [3.63, 3.8) is 0 Å². The van der Waals surface area contributed by atoms with Crippen LogP contribution in [0, 0.1) is 0 Å². The maximum Gasteiger partial charge on any atom is 0.261 e. The molecule has 0 atom stereocenters. The molecule has 180 valence electrons. The minimum atomic E-state index is -0.185. The highest BCUT2D eigenvalue weighted by Crippen LogP contribution is 2.34. The van der Waals surface area contributed by atoms with Crippen molar-refractivity contribution in [3.8, 4) is 11.4 Å². The third-order valence-electron chi connectivity index (χ3n) is 6.28. The molecule has 9 heteroatoms. The van der Waals surface area contributed by atoms with E-state index in [1.807, 2.05) is 23.6 Å². The Balaban J connectivity index is 1.55. The van der Waals surface area contributed by atoms with E-state index < -0.39 is 0 Å². The van der Waals surface area contributed by atoms with Crippen molar-refractivity contribution in [2.45, 2.75) is 0 Å². The molecule has 0 radical (unpaired) electrons. The zero-order chi connectivity index (χ0) is 24.4. The molecular formula is C26H29N7OS. The Hall–Kier alpha value is -3.69. The summed E-state index contributed by atoms with van der Waals surface area (Å²) < 4.78 is 0.976. The van der Waals surface area contributed by atoms with Crippen molar-refractivity contribution >= 4 is 50.2 Å². The highest BCUT2D eigenvalue weighted by molar-refractivity contribution is 7.17. The number of rotatable bonds is 7. The van der Waals surface area contributed by atoms with Crippen LogP contribution in [0.3, 0.4) is 0 Å². The second-order valence-corrected chi connectivity index (χ2v) is 9.58. The Morgan fingerprint density at radius 2 is 2.06 bits per heavy atom. The number of aromatic amines is 2. The molecule has 1 saturated heterocycles. The molecule has 1 aliphatic heterocycles. The quantitative estimate of drug-likeness (QED) is 0.270. The van der Waals surface area contributed by atoms with E-state index in [4.69, 9.17) is 4.98 Å². The Kier molecular flexibility index (Phi) is 6.52. The third-order valence-corrected chi connectivity index (χ3v) is 7.22. The molecular weight excluding hydrogens is 458 g/mol. The monoisotopic (exact) mass is 487 g/mol. The molecule has 1 aliphatic rings. The van der Waals surface area contributed by atoms with Gasteiger partial charge in [0.05, 0.1) is 26.9 Å². The molecule has 5 rings (SSSR count). The Morgan fingerprint density at radius 1 is 1.23 bits per heavy atom.